The van der Waals surface area contributed by atoms with Crippen molar-refractivity contribution in [1.82, 2.24) is 0 Å². The minimum atomic E-state index is -1.95. The van der Waals surface area contributed by atoms with Crippen molar-refractivity contribution in [2.24, 2.45) is 0 Å². The third-order valence-corrected chi connectivity index (χ3v) is 6.15. The second kappa shape index (κ2) is 10.2. The standard InChI is InChI=1S/C20H28O14/c21-3-9-14(27)17(30)13(26)8(33-9)2-6(23)5-1-7(24)12(25)16(29)11(5)20-19(32)18(31)15(28)10(4-22)34-20/h1,8-10,13-15,17-22,24-32H,2-4H2/t8?,9-,10-,13+,14-,15-,17-,18+,19-,20?/m1/s1. The Morgan fingerprint density at radius 1 is 0.706 bits per heavy atom. The van der Waals surface area contributed by atoms with Gasteiger partial charge >= 0.3 is 0 Å². The summed E-state index contributed by atoms with van der Waals surface area (Å²) in [5, 5.41) is 110. The number of carbonyl (C=O) groups is 1. The van der Waals surface area contributed by atoms with Crippen LogP contribution in [0.15, 0.2) is 6.07 Å². The molecule has 0 radical (unpaired) electrons. The molecule has 3 rings (SSSR count). The fraction of sp³-hybridized carbons (Fsp3) is 0.650. The first kappa shape index (κ1) is 26.5. The maximum atomic E-state index is 13.1. The second-order valence-corrected chi connectivity index (χ2v) is 8.30. The molecule has 192 valence electrons. The van der Waals surface area contributed by atoms with Gasteiger partial charge in [-0.2, -0.15) is 0 Å². The third-order valence-electron chi connectivity index (χ3n) is 6.15. The van der Waals surface area contributed by atoms with Crippen LogP contribution < -0.4 is 0 Å². The van der Waals surface area contributed by atoms with Gasteiger partial charge in [-0.3, -0.25) is 4.79 Å². The highest BCUT2D eigenvalue weighted by atomic mass is 16.6. The van der Waals surface area contributed by atoms with Gasteiger partial charge in [-0.1, -0.05) is 0 Å². The number of ketones is 1. The largest absolute Gasteiger partial charge is 0.504 e. The highest BCUT2D eigenvalue weighted by Crippen LogP contribution is 2.46. The van der Waals surface area contributed by atoms with Crippen molar-refractivity contribution in [1.29, 1.82) is 0 Å². The van der Waals surface area contributed by atoms with Gasteiger partial charge in [0.15, 0.2) is 17.3 Å². The van der Waals surface area contributed by atoms with Gasteiger partial charge in [0.1, 0.15) is 54.9 Å². The molecular weight excluding hydrogens is 464 g/mol. The number of rotatable bonds is 6. The lowest BCUT2D eigenvalue weighted by atomic mass is 9.85. The summed E-state index contributed by atoms with van der Waals surface area (Å²) in [4.78, 5) is 13.1. The summed E-state index contributed by atoms with van der Waals surface area (Å²) in [5.41, 5.74) is -1.14. The summed E-state index contributed by atoms with van der Waals surface area (Å²) < 4.78 is 10.6. The van der Waals surface area contributed by atoms with Gasteiger partial charge in [0.25, 0.3) is 0 Å². The molecule has 2 aliphatic heterocycles. The second-order valence-electron chi connectivity index (χ2n) is 8.30. The van der Waals surface area contributed by atoms with E-state index in [1.54, 1.807) is 0 Å². The Labute approximate surface area is 192 Å². The van der Waals surface area contributed by atoms with Crippen LogP contribution in [0.1, 0.15) is 28.4 Å². The van der Waals surface area contributed by atoms with Crippen LogP contribution >= 0.6 is 0 Å². The van der Waals surface area contributed by atoms with Gasteiger partial charge in [0.05, 0.1) is 19.3 Å². The number of hydrogen-bond donors (Lipinski definition) is 11. The highest BCUT2D eigenvalue weighted by Gasteiger charge is 2.48. The van der Waals surface area contributed by atoms with E-state index >= 15 is 0 Å². The summed E-state index contributed by atoms with van der Waals surface area (Å²) in [6.45, 7) is -1.56. The molecule has 2 heterocycles. The third kappa shape index (κ3) is 4.57. The van der Waals surface area contributed by atoms with E-state index in [2.05, 4.69) is 0 Å². The summed E-state index contributed by atoms with van der Waals surface area (Å²) in [6, 6.07) is 0.720. The number of Topliss-reactive ketones (excluding diaryl/α,β-unsaturated/α-hetero) is 1. The van der Waals surface area contributed by atoms with Crippen molar-refractivity contribution in [2.45, 2.75) is 67.5 Å². The highest BCUT2D eigenvalue weighted by molar-refractivity contribution is 5.99. The lowest BCUT2D eigenvalue weighted by Gasteiger charge is -2.41. The number of carbonyl (C=O) groups excluding carboxylic acids is 1. The molecule has 14 nitrogen and oxygen atoms in total. The molecule has 0 bridgehead atoms. The Morgan fingerprint density at radius 2 is 1.21 bits per heavy atom. The van der Waals surface area contributed by atoms with E-state index in [4.69, 9.17) is 9.47 Å². The molecule has 34 heavy (non-hydrogen) atoms. The molecule has 14 heteroatoms. The van der Waals surface area contributed by atoms with Crippen molar-refractivity contribution >= 4 is 5.78 Å². The number of aliphatic hydroxyl groups is 8. The molecule has 2 aliphatic rings. The van der Waals surface area contributed by atoms with Gasteiger partial charge in [0.2, 0.25) is 5.75 Å². The van der Waals surface area contributed by atoms with E-state index in [1.165, 1.54) is 0 Å². The molecular formula is C20H28O14. The number of ether oxygens (including phenoxy) is 2. The summed E-state index contributed by atoms with van der Waals surface area (Å²) in [7, 11) is 0. The molecule has 2 saturated heterocycles. The molecule has 10 atom stereocenters. The minimum absolute atomic E-state index is 0.547. The number of aliphatic hydroxyl groups excluding tert-OH is 8. The van der Waals surface area contributed by atoms with Gasteiger partial charge in [-0.05, 0) is 6.07 Å². The number of phenols is 3. The van der Waals surface area contributed by atoms with E-state index in [-0.39, 0.29) is 0 Å². The predicted octanol–water partition coefficient (Wildman–Crippen LogP) is -4.27. The minimum Gasteiger partial charge on any atom is -0.504 e. The van der Waals surface area contributed by atoms with Crippen LogP contribution in [0.4, 0.5) is 0 Å². The first-order valence-corrected chi connectivity index (χ1v) is 10.4. The van der Waals surface area contributed by atoms with Crippen LogP contribution in [0.2, 0.25) is 0 Å². The fourth-order valence-electron chi connectivity index (χ4n) is 4.16. The molecule has 0 amide bonds. The monoisotopic (exact) mass is 492 g/mol. The first-order valence-electron chi connectivity index (χ1n) is 10.4. The van der Waals surface area contributed by atoms with Gasteiger partial charge in [-0.25, -0.2) is 0 Å². The average Bonchev–Trinajstić information content (AvgIpc) is 2.81. The molecule has 11 N–H and O–H groups in total. The zero-order chi connectivity index (χ0) is 25.5. The maximum Gasteiger partial charge on any atom is 0.200 e. The average molecular weight is 492 g/mol. The molecule has 2 fully saturated rings. The Hall–Kier alpha value is -2.11. The van der Waals surface area contributed by atoms with Crippen LogP contribution in [-0.2, 0) is 9.47 Å². The zero-order valence-corrected chi connectivity index (χ0v) is 17.6. The van der Waals surface area contributed by atoms with Crippen LogP contribution in [0.5, 0.6) is 17.2 Å². The number of phenolic OH excluding ortho intramolecular Hbond substituents is 3. The number of benzene rings is 1. The topological polar surface area (TPSA) is 258 Å². The number of hydrogen-bond acceptors (Lipinski definition) is 14. The van der Waals surface area contributed by atoms with E-state index in [0.717, 1.165) is 6.07 Å². The maximum absolute atomic E-state index is 13.1. The van der Waals surface area contributed by atoms with Crippen molar-refractivity contribution in [3.05, 3.63) is 17.2 Å². The molecule has 0 saturated carbocycles. The van der Waals surface area contributed by atoms with Crippen molar-refractivity contribution in [3.8, 4) is 17.2 Å². The lowest BCUT2D eigenvalue weighted by Crippen LogP contribution is -2.58. The summed E-state index contributed by atoms with van der Waals surface area (Å²) >= 11 is 0. The van der Waals surface area contributed by atoms with Gasteiger partial charge < -0.3 is 65.6 Å². The number of aromatic hydroxyl groups is 3. The Morgan fingerprint density at radius 3 is 1.76 bits per heavy atom. The zero-order valence-electron chi connectivity index (χ0n) is 17.6. The van der Waals surface area contributed by atoms with Gasteiger partial charge in [0, 0.05) is 17.5 Å². The van der Waals surface area contributed by atoms with Crippen LogP contribution in [0.3, 0.4) is 0 Å². The van der Waals surface area contributed by atoms with Crippen LogP contribution in [0, 0.1) is 0 Å². The van der Waals surface area contributed by atoms with Crippen molar-refractivity contribution in [3.63, 3.8) is 0 Å². The van der Waals surface area contributed by atoms with Crippen LogP contribution in [0.25, 0.3) is 0 Å². The quantitative estimate of drug-likeness (QED) is 0.133. The molecule has 1 aromatic carbocycles. The Bertz CT molecular complexity index is 889. The van der Waals surface area contributed by atoms with Gasteiger partial charge in [-0.15, -0.1) is 0 Å². The summed E-state index contributed by atoms with van der Waals surface area (Å²) in [6.07, 6.45) is -17.5. The van der Waals surface area contributed by atoms with E-state index in [0.29, 0.717) is 0 Å². The molecule has 2 unspecified atom stereocenters. The Balaban J connectivity index is 2.00. The summed E-state index contributed by atoms with van der Waals surface area (Å²) in [5.74, 6) is -4.09. The van der Waals surface area contributed by atoms with Crippen molar-refractivity contribution < 1.29 is 70.4 Å². The molecule has 0 aromatic heterocycles. The molecule has 1 aromatic rings. The predicted molar refractivity (Wildman–Crippen MR) is 107 cm³/mol. The smallest absolute Gasteiger partial charge is 0.200 e. The molecule has 0 spiro atoms. The van der Waals surface area contributed by atoms with Crippen molar-refractivity contribution in [2.75, 3.05) is 13.2 Å². The normalized spacial score (nSPS) is 38.6. The van der Waals surface area contributed by atoms with E-state index < -0.39 is 115 Å². The molecule has 0 aliphatic carbocycles. The SMILES string of the molecule is O=C(CC1O[C@H](CO)[C@@H](O)[C@H](O)[C@H]1O)c1cc(O)c(O)c(O)c1C1O[C@H](CO)[C@@H](O)[C@H](O)[C@H]1O. The Kier molecular flexibility index (Phi) is 7.99. The van der Waals surface area contributed by atoms with Crippen LogP contribution in [-0.4, -0.2) is 130 Å². The van der Waals surface area contributed by atoms with E-state index in [1.807, 2.05) is 0 Å². The lowest BCUT2D eigenvalue weighted by molar-refractivity contribution is -0.232. The fourth-order valence-corrected chi connectivity index (χ4v) is 4.16. The first-order chi connectivity index (χ1) is 15.9. The van der Waals surface area contributed by atoms with E-state index in [9.17, 15) is 61.0 Å².